The maximum Gasteiger partial charge on any atom is 0.251 e. The third-order valence-electron chi connectivity index (χ3n) is 3.60. The molecule has 0 saturated carbocycles. The minimum Gasteiger partial charge on any atom is -0.378 e. The SMILES string of the molecule is CC1CC(CNC(=O)c2ccc(CN)cc2)CCO1.Cl. The van der Waals surface area contributed by atoms with Gasteiger partial charge in [0.1, 0.15) is 0 Å². The van der Waals surface area contributed by atoms with Gasteiger partial charge in [0.15, 0.2) is 0 Å². The molecule has 1 aromatic carbocycles. The molecular weight excluding hydrogens is 276 g/mol. The molecule has 1 aliphatic heterocycles. The lowest BCUT2D eigenvalue weighted by atomic mass is 9.96. The first-order chi connectivity index (χ1) is 9.19. The van der Waals surface area contributed by atoms with E-state index in [9.17, 15) is 4.79 Å². The van der Waals surface area contributed by atoms with Crippen LogP contribution in [0.15, 0.2) is 24.3 Å². The van der Waals surface area contributed by atoms with Crippen LogP contribution in [-0.2, 0) is 11.3 Å². The molecule has 1 fully saturated rings. The van der Waals surface area contributed by atoms with Gasteiger partial charge in [-0.1, -0.05) is 12.1 Å². The zero-order valence-corrected chi connectivity index (χ0v) is 12.6. The van der Waals surface area contributed by atoms with Gasteiger partial charge < -0.3 is 15.8 Å². The zero-order valence-electron chi connectivity index (χ0n) is 11.8. The Labute approximate surface area is 126 Å². The Hall–Kier alpha value is -1.10. The van der Waals surface area contributed by atoms with Gasteiger partial charge in [0, 0.05) is 25.3 Å². The molecule has 3 N–H and O–H groups in total. The highest BCUT2D eigenvalue weighted by molar-refractivity contribution is 5.94. The van der Waals surface area contributed by atoms with E-state index in [4.69, 9.17) is 10.5 Å². The third-order valence-corrected chi connectivity index (χ3v) is 3.60. The van der Waals surface area contributed by atoms with E-state index in [2.05, 4.69) is 12.2 Å². The summed E-state index contributed by atoms with van der Waals surface area (Å²) in [6, 6.07) is 7.44. The molecule has 2 atom stereocenters. The van der Waals surface area contributed by atoms with Gasteiger partial charge in [-0.05, 0) is 43.4 Å². The summed E-state index contributed by atoms with van der Waals surface area (Å²) in [6.07, 6.45) is 2.35. The van der Waals surface area contributed by atoms with Crippen molar-refractivity contribution in [3.05, 3.63) is 35.4 Å². The van der Waals surface area contributed by atoms with E-state index >= 15 is 0 Å². The van der Waals surface area contributed by atoms with E-state index in [1.54, 1.807) is 0 Å². The topological polar surface area (TPSA) is 64.4 Å². The second kappa shape index (κ2) is 8.25. The minimum atomic E-state index is -0.0114. The normalized spacial score (nSPS) is 21.9. The highest BCUT2D eigenvalue weighted by Gasteiger charge is 2.19. The maximum atomic E-state index is 12.0. The summed E-state index contributed by atoms with van der Waals surface area (Å²) in [5.74, 6) is 0.513. The molecule has 2 unspecified atom stereocenters. The second-order valence-electron chi connectivity index (χ2n) is 5.18. The maximum absolute atomic E-state index is 12.0. The number of hydrogen-bond acceptors (Lipinski definition) is 3. The number of ether oxygens (including phenoxy) is 1. The molecule has 1 aliphatic rings. The van der Waals surface area contributed by atoms with Gasteiger partial charge in [0.25, 0.3) is 5.91 Å². The highest BCUT2D eigenvalue weighted by Crippen LogP contribution is 2.19. The smallest absolute Gasteiger partial charge is 0.251 e. The fourth-order valence-electron chi connectivity index (χ4n) is 2.41. The van der Waals surface area contributed by atoms with E-state index < -0.39 is 0 Å². The van der Waals surface area contributed by atoms with Crippen LogP contribution in [0.1, 0.15) is 35.7 Å². The molecule has 0 spiro atoms. The number of nitrogens with one attached hydrogen (secondary N) is 1. The quantitative estimate of drug-likeness (QED) is 0.895. The predicted octanol–water partition coefficient (Wildman–Crippen LogP) is 2.11. The molecule has 1 aromatic rings. The Kier molecular flexibility index (Phi) is 6.99. The Balaban J connectivity index is 0.00000200. The van der Waals surface area contributed by atoms with Crippen molar-refractivity contribution >= 4 is 18.3 Å². The summed E-state index contributed by atoms with van der Waals surface area (Å²) in [7, 11) is 0. The van der Waals surface area contributed by atoms with Crippen molar-refractivity contribution in [3.8, 4) is 0 Å². The van der Waals surface area contributed by atoms with Gasteiger partial charge in [-0.15, -0.1) is 12.4 Å². The fraction of sp³-hybridized carbons (Fsp3) is 0.533. The molecule has 20 heavy (non-hydrogen) atoms. The van der Waals surface area contributed by atoms with Crippen LogP contribution >= 0.6 is 12.4 Å². The molecule has 0 aromatic heterocycles. The van der Waals surface area contributed by atoms with Crippen molar-refractivity contribution in [2.45, 2.75) is 32.4 Å². The summed E-state index contributed by atoms with van der Waals surface area (Å²) < 4.78 is 5.50. The molecule has 1 saturated heterocycles. The molecular formula is C15H23ClN2O2. The Morgan fingerprint density at radius 3 is 2.70 bits per heavy atom. The molecule has 5 heteroatoms. The Morgan fingerprint density at radius 2 is 2.10 bits per heavy atom. The first-order valence-electron chi connectivity index (χ1n) is 6.88. The number of nitrogens with two attached hydrogens (primary N) is 1. The van der Waals surface area contributed by atoms with E-state index in [1.807, 2.05) is 24.3 Å². The van der Waals surface area contributed by atoms with Crippen LogP contribution in [0.3, 0.4) is 0 Å². The summed E-state index contributed by atoms with van der Waals surface area (Å²) in [4.78, 5) is 12.0. The van der Waals surface area contributed by atoms with Crippen LogP contribution in [0.4, 0.5) is 0 Å². The van der Waals surface area contributed by atoms with Gasteiger partial charge in [-0.3, -0.25) is 4.79 Å². The highest BCUT2D eigenvalue weighted by atomic mass is 35.5. The van der Waals surface area contributed by atoms with Crippen molar-refractivity contribution in [2.75, 3.05) is 13.2 Å². The van der Waals surface area contributed by atoms with Crippen LogP contribution in [0.5, 0.6) is 0 Å². The largest absolute Gasteiger partial charge is 0.378 e. The molecule has 0 radical (unpaired) electrons. The average Bonchev–Trinajstić information content (AvgIpc) is 2.45. The molecule has 2 rings (SSSR count). The number of amides is 1. The van der Waals surface area contributed by atoms with Crippen LogP contribution in [-0.4, -0.2) is 25.2 Å². The second-order valence-corrected chi connectivity index (χ2v) is 5.18. The van der Waals surface area contributed by atoms with Crippen molar-refractivity contribution in [1.29, 1.82) is 0 Å². The van der Waals surface area contributed by atoms with E-state index in [0.29, 0.717) is 24.1 Å². The molecule has 1 heterocycles. The number of carbonyl (C=O) groups excluding carboxylic acids is 1. The van der Waals surface area contributed by atoms with Crippen LogP contribution in [0, 0.1) is 5.92 Å². The third kappa shape index (κ3) is 4.78. The lowest BCUT2D eigenvalue weighted by Crippen LogP contribution is -2.34. The summed E-state index contributed by atoms with van der Waals surface area (Å²) in [6.45, 7) is 4.11. The van der Waals surface area contributed by atoms with Gasteiger partial charge in [0.05, 0.1) is 6.10 Å². The number of rotatable bonds is 4. The van der Waals surface area contributed by atoms with E-state index in [1.165, 1.54) is 0 Å². The van der Waals surface area contributed by atoms with E-state index in [-0.39, 0.29) is 18.3 Å². The first-order valence-corrected chi connectivity index (χ1v) is 6.88. The lowest BCUT2D eigenvalue weighted by Gasteiger charge is -2.27. The average molecular weight is 299 g/mol. The zero-order chi connectivity index (χ0) is 13.7. The lowest BCUT2D eigenvalue weighted by molar-refractivity contribution is 0.00302. The molecule has 0 bridgehead atoms. The van der Waals surface area contributed by atoms with E-state index in [0.717, 1.165) is 31.6 Å². The monoisotopic (exact) mass is 298 g/mol. The Bertz CT molecular complexity index is 422. The molecule has 0 aliphatic carbocycles. The van der Waals surface area contributed by atoms with Gasteiger partial charge in [-0.2, -0.15) is 0 Å². The summed E-state index contributed by atoms with van der Waals surface area (Å²) in [5.41, 5.74) is 7.26. The Morgan fingerprint density at radius 1 is 1.40 bits per heavy atom. The number of benzene rings is 1. The molecule has 4 nitrogen and oxygen atoms in total. The van der Waals surface area contributed by atoms with Crippen molar-refractivity contribution in [2.24, 2.45) is 11.7 Å². The standard InChI is InChI=1S/C15H22N2O2.ClH/c1-11-8-13(6-7-19-11)10-17-15(18)14-4-2-12(9-16)3-5-14;/h2-5,11,13H,6-10,16H2,1H3,(H,17,18);1H. The number of hydrogen-bond donors (Lipinski definition) is 2. The molecule has 112 valence electrons. The van der Waals surface area contributed by atoms with Crippen molar-refractivity contribution in [3.63, 3.8) is 0 Å². The summed E-state index contributed by atoms with van der Waals surface area (Å²) in [5, 5.41) is 3.00. The van der Waals surface area contributed by atoms with Crippen molar-refractivity contribution in [1.82, 2.24) is 5.32 Å². The fourth-order valence-corrected chi connectivity index (χ4v) is 2.41. The van der Waals surface area contributed by atoms with Gasteiger partial charge in [-0.25, -0.2) is 0 Å². The van der Waals surface area contributed by atoms with Crippen LogP contribution < -0.4 is 11.1 Å². The van der Waals surface area contributed by atoms with Gasteiger partial charge >= 0.3 is 0 Å². The predicted molar refractivity (Wildman–Crippen MR) is 82.1 cm³/mol. The molecule has 1 amide bonds. The van der Waals surface area contributed by atoms with Crippen LogP contribution in [0.25, 0.3) is 0 Å². The first kappa shape index (κ1) is 17.0. The van der Waals surface area contributed by atoms with Crippen LogP contribution in [0.2, 0.25) is 0 Å². The minimum absolute atomic E-state index is 0. The van der Waals surface area contributed by atoms with Crippen molar-refractivity contribution < 1.29 is 9.53 Å². The number of halogens is 1. The number of carbonyl (C=O) groups is 1. The summed E-state index contributed by atoms with van der Waals surface area (Å²) >= 11 is 0. The van der Waals surface area contributed by atoms with Gasteiger partial charge in [0.2, 0.25) is 0 Å².